The number of carbonyl (C=O) groups is 2. The Morgan fingerprint density at radius 2 is 2.28 bits per heavy atom. The number of hydrogen-bond donors (Lipinski definition) is 1. The molecule has 0 aliphatic carbocycles. The number of halogens is 1. The van der Waals surface area contributed by atoms with Crippen molar-refractivity contribution in [2.45, 2.75) is 25.8 Å². The summed E-state index contributed by atoms with van der Waals surface area (Å²) in [5.41, 5.74) is 0.928. The number of amides is 2. The van der Waals surface area contributed by atoms with Gasteiger partial charge in [-0.1, -0.05) is 18.7 Å². The second kappa shape index (κ2) is 7.09. The number of likely N-dealkylation sites (tertiary alicyclic amines) is 1. The van der Waals surface area contributed by atoms with Crippen molar-refractivity contribution in [1.82, 2.24) is 10.2 Å². The van der Waals surface area contributed by atoms with Gasteiger partial charge in [0.25, 0.3) is 0 Å². The van der Waals surface area contributed by atoms with Gasteiger partial charge in [-0.3, -0.25) is 9.59 Å². The zero-order valence-electron chi connectivity index (χ0n) is 14.1. The van der Waals surface area contributed by atoms with Crippen LogP contribution in [0.15, 0.2) is 41.5 Å². The fourth-order valence-corrected chi connectivity index (χ4v) is 3.31. The Labute approximate surface area is 145 Å². The molecule has 5 nitrogen and oxygen atoms in total. The first-order valence-electron chi connectivity index (χ1n) is 8.38. The first-order valence-corrected chi connectivity index (χ1v) is 8.38. The topological polar surface area (TPSA) is 62.6 Å². The van der Waals surface area contributed by atoms with E-state index in [0.717, 1.165) is 18.4 Å². The number of piperidine rings is 1. The molecule has 132 valence electrons. The van der Waals surface area contributed by atoms with Crippen LogP contribution in [0.5, 0.6) is 0 Å². The van der Waals surface area contributed by atoms with Crippen molar-refractivity contribution in [2.75, 3.05) is 13.1 Å². The molecule has 6 heteroatoms. The molecular weight excluding hydrogens is 323 g/mol. The summed E-state index contributed by atoms with van der Waals surface area (Å²) in [4.78, 5) is 26.0. The van der Waals surface area contributed by atoms with Gasteiger partial charge in [-0.2, -0.15) is 0 Å². The molecular formula is C19H21FN2O3. The van der Waals surface area contributed by atoms with Crippen LogP contribution in [0.2, 0.25) is 0 Å². The monoisotopic (exact) mass is 344 g/mol. The third kappa shape index (κ3) is 3.43. The van der Waals surface area contributed by atoms with Crippen molar-refractivity contribution in [1.29, 1.82) is 0 Å². The van der Waals surface area contributed by atoms with E-state index in [1.165, 1.54) is 18.4 Å². The number of carbonyl (C=O) groups excluding carboxylic acids is 2. The highest BCUT2D eigenvalue weighted by Crippen LogP contribution is 2.28. The molecule has 1 aromatic carbocycles. The van der Waals surface area contributed by atoms with Gasteiger partial charge >= 0.3 is 0 Å². The number of furan rings is 1. The fraction of sp³-hybridized carbons (Fsp3) is 0.368. The maximum atomic E-state index is 13.7. The summed E-state index contributed by atoms with van der Waals surface area (Å²) < 4.78 is 19.0. The summed E-state index contributed by atoms with van der Waals surface area (Å²) in [6.07, 6.45) is 4.27. The minimum absolute atomic E-state index is 0.111. The van der Waals surface area contributed by atoms with Gasteiger partial charge in [0.2, 0.25) is 11.8 Å². The molecule has 0 bridgehead atoms. The maximum Gasteiger partial charge on any atom is 0.245 e. The molecule has 2 aromatic rings. The zero-order chi connectivity index (χ0) is 18.0. The summed E-state index contributed by atoms with van der Waals surface area (Å²) in [5, 5.41) is 3.61. The standard InChI is InChI=1S/C19H21FN2O3/c1-3-17(23)22-9-5-6-13(10-22)19(24)21-12(2)15-11-25-18-14(15)7-4-8-16(18)20/h3-4,7-8,11-13H,1,5-6,9-10H2,2H3,(H,21,24)/t12-,13?/m1/s1. The highest BCUT2D eigenvalue weighted by molar-refractivity contribution is 5.88. The second-order valence-corrected chi connectivity index (χ2v) is 6.37. The normalized spacial score (nSPS) is 18.8. The van der Waals surface area contributed by atoms with Crippen molar-refractivity contribution >= 4 is 22.8 Å². The number of hydrogen-bond acceptors (Lipinski definition) is 3. The summed E-state index contributed by atoms with van der Waals surface area (Å²) in [6, 6.07) is 4.41. The number of benzene rings is 1. The first-order chi connectivity index (χ1) is 12.0. The van der Waals surface area contributed by atoms with Crippen molar-refractivity contribution in [3.63, 3.8) is 0 Å². The maximum absolute atomic E-state index is 13.7. The highest BCUT2D eigenvalue weighted by atomic mass is 19.1. The van der Waals surface area contributed by atoms with E-state index in [1.807, 2.05) is 6.92 Å². The van der Waals surface area contributed by atoms with E-state index in [9.17, 15) is 14.0 Å². The smallest absolute Gasteiger partial charge is 0.245 e. The largest absolute Gasteiger partial charge is 0.461 e. The van der Waals surface area contributed by atoms with Gasteiger partial charge < -0.3 is 14.6 Å². The SMILES string of the molecule is C=CC(=O)N1CCCC(C(=O)N[C@H](C)c2coc3c(F)cccc23)C1. The third-order valence-electron chi connectivity index (χ3n) is 4.69. The molecule has 1 saturated heterocycles. The van der Waals surface area contributed by atoms with Gasteiger partial charge in [0.15, 0.2) is 11.4 Å². The molecule has 2 amide bonds. The van der Waals surface area contributed by atoms with Gasteiger partial charge in [0.05, 0.1) is 18.2 Å². The van der Waals surface area contributed by atoms with Crippen LogP contribution in [0, 0.1) is 11.7 Å². The number of nitrogens with zero attached hydrogens (tertiary/aromatic N) is 1. The molecule has 2 heterocycles. The second-order valence-electron chi connectivity index (χ2n) is 6.37. The molecule has 1 fully saturated rings. The molecule has 1 aliphatic rings. The first kappa shape index (κ1) is 17.2. The molecule has 2 atom stereocenters. The van der Waals surface area contributed by atoms with E-state index in [1.54, 1.807) is 17.0 Å². The van der Waals surface area contributed by atoms with Crippen molar-refractivity contribution in [2.24, 2.45) is 5.92 Å². The van der Waals surface area contributed by atoms with Crippen LogP contribution < -0.4 is 5.32 Å². The van der Waals surface area contributed by atoms with Crippen molar-refractivity contribution in [3.05, 3.63) is 48.5 Å². The van der Waals surface area contributed by atoms with Gasteiger partial charge in [0, 0.05) is 24.0 Å². The summed E-state index contributed by atoms with van der Waals surface area (Å²) in [7, 11) is 0. The average molecular weight is 344 g/mol. The molecule has 0 spiro atoms. The van der Waals surface area contributed by atoms with Crippen LogP contribution >= 0.6 is 0 Å². The Kier molecular flexibility index (Phi) is 4.88. The van der Waals surface area contributed by atoms with E-state index in [2.05, 4.69) is 11.9 Å². The van der Waals surface area contributed by atoms with Crippen molar-refractivity contribution < 1.29 is 18.4 Å². The molecule has 1 aromatic heterocycles. The molecule has 1 unspecified atom stereocenters. The predicted molar refractivity (Wildman–Crippen MR) is 92.2 cm³/mol. The third-order valence-corrected chi connectivity index (χ3v) is 4.69. The molecule has 0 saturated carbocycles. The van der Waals surface area contributed by atoms with Crippen LogP contribution in [0.1, 0.15) is 31.4 Å². The van der Waals surface area contributed by atoms with E-state index in [-0.39, 0.29) is 29.4 Å². The number of nitrogens with one attached hydrogen (secondary N) is 1. The molecule has 25 heavy (non-hydrogen) atoms. The van der Waals surface area contributed by atoms with Gasteiger partial charge in [-0.05, 0) is 31.9 Å². The van der Waals surface area contributed by atoms with Crippen LogP contribution in [0.4, 0.5) is 4.39 Å². The summed E-state index contributed by atoms with van der Waals surface area (Å²) in [6.45, 7) is 6.37. The lowest BCUT2D eigenvalue weighted by atomic mass is 9.96. The molecule has 0 radical (unpaired) electrons. The van der Waals surface area contributed by atoms with Crippen LogP contribution in [0.3, 0.4) is 0 Å². The number of fused-ring (bicyclic) bond motifs is 1. The van der Waals surface area contributed by atoms with Gasteiger partial charge in [-0.25, -0.2) is 4.39 Å². The Morgan fingerprint density at radius 1 is 1.48 bits per heavy atom. The average Bonchev–Trinajstić information content (AvgIpc) is 3.06. The number of rotatable bonds is 4. The van der Waals surface area contributed by atoms with Gasteiger partial charge in [0.1, 0.15) is 0 Å². The van der Waals surface area contributed by atoms with E-state index >= 15 is 0 Å². The highest BCUT2D eigenvalue weighted by Gasteiger charge is 2.28. The Morgan fingerprint density at radius 3 is 3.04 bits per heavy atom. The van der Waals surface area contributed by atoms with Crippen LogP contribution in [-0.2, 0) is 9.59 Å². The van der Waals surface area contributed by atoms with Crippen LogP contribution in [-0.4, -0.2) is 29.8 Å². The molecule has 1 aliphatic heterocycles. The summed E-state index contributed by atoms with van der Waals surface area (Å²) in [5.74, 6) is -0.940. The van der Waals surface area contributed by atoms with Gasteiger partial charge in [-0.15, -0.1) is 0 Å². The van der Waals surface area contributed by atoms with E-state index in [4.69, 9.17) is 4.42 Å². The Hall–Kier alpha value is -2.63. The van der Waals surface area contributed by atoms with Crippen molar-refractivity contribution in [3.8, 4) is 0 Å². The summed E-state index contributed by atoms with van der Waals surface area (Å²) >= 11 is 0. The minimum atomic E-state index is -0.423. The number of para-hydroxylation sites is 1. The lowest BCUT2D eigenvalue weighted by molar-refractivity contribution is -0.132. The minimum Gasteiger partial charge on any atom is -0.461 e. The quantitative estimate of drug-likeness (QED) is 0.867. The fourth-order valence-electron chi connectivity index (χ4n) is 3.31. The zero-order valence-corrected chi connectivity index (χ0v) is 14.1. The lowest BCUT2D eigenvalue weighted by Gasteiger charge is -2.32. The van der Waals surface area contributed by atoms with E-state index < -0.39 is 5.82 Å². The Balaban J connectivity index is 1.70. The lowest BCUT2D eigenvalue weighted by Crippen LogP contribution is -2.45. The molecule has 1 N–H and O–H groups in total. The van der Waals surface area contributed by atoms with E-state index in [0.29, 0.717) is 18.5 Å². The predicted octanol–water partition coefficient (Wildman–Crippen LogP) is 3.17. The molecule has 3 rings (SSSR count). The van der Waals surface area contributed by atoms with Crippen LogP contribution in [0.25, 0.3) is 11.0 Å². The Bertz CT molecular complexity index is 814.